The summed E-state index contributed by atoms with van der Waals surface area (Å²) in [6, 6.07) is 14.0. The number of carbonyl (C=O) groups excluding carboxylic acids is 2. The highest BCUT2D eigenvalue weighted by Gasteiger charge is 2.38. The molecule has 2 amide bonds. The number of ether oxygens (including phenoxy) is 3. The maximum Gasteiger partial charge on any atom is 0.245 e. The van der Waals surface area contributed by atoms with Gasteiger partial charge in [0, 0.05) is 19.0 Å². The third kappa shape index (κ3) is 6.56. The summed E-state index contributed by atoms with van der Waals surface area (Å²) in [5.74, 6) is 1.16. The van der Waals surface area contributed by atoms with Crippen molar-refractivity contribution < 1.29 is 23.8 Å². The first-order valence-electron chi connectivity index (χ1n) is 16.9. The number of methoxy groups -OCH3 is 3. The second kappa shape index (κ2) is 14.5. The van der Waals surface area contributed by atoms with Gasteiger partial charge >= 0.3 is 0 Å². The SMILES string of the molecule is CC[C@@H](C)[C@H](Nc1ccc2c(cc1=O)[C@@H](NC(C)=O)CCc1cc(OC)c(OC)c(OC)c1-2)C(=O)N1CCC[C@H]1c1nc2ccccc2s1. The van der Waals surface area contributed by atoms with E-state index in [9.17, 15) is 14.4 Å². The molecule has 49 heavy (non-hydrogen) atoms. The van der Waals surface area contributed by atoms with E-state index in [2.05, 4.69) is 23.6 Å². The van der Waals surface area contributed by atoms with Crippen LogP contribution >= 0.6 is 11.3 Å². The number of likely N-dealkylation sites (tertiary alicyclic amines) is 1. The highest BCUT2D eigenvalue weighted by molar-refractivity contribution is 7.18. The summed E-state index contributed by atoms with van der Waals surface area (Å²) in [4.78, 5) is 47.8. The van der Waals surface area contributed by atoms with Gasteiger partial charge in [-0.05, 0) is 78.6 Å². The van der Waals surface area contributed by atoms with Gasteiger partial charge in [-0.25, -0.2) is 4.98 Å². The lowest BCUT2D eigenvalue weighted by molar-refractivity contribution is -0.134. The van der Waals surface area contributed by atoms with Gasteiger partial charge in [0.1, 0.15) is 11.0 Å². The van der Waals surface area contributed by atoms with E-state index in [-0.39, 0.29) is 29.2 Å². The number of rotatable bonds is 10. The summed E-state index contributed by atoms with van der Waals surface area (Å²) in [6.45, 7) is 6.19. The van der Waals surface area contributed by atoms with Crippen molar-refractivity contribution in [1.82, 2.24) is 15.2 Å². The molecule has 1 fully saturated rings. The van der Waals surface area contributed by atoms with Gasteiger partial charge < -0.3 is 29.7 Å². The number of amides is 2. The van der Waals surface area contributed by atoms with Crippen LogP contribution < -0.4 is 30.3 Å². The van der Waals surface area contributed by atoms with Crippen LogP contribution in [0.4, 0.5) is 5.69 Å². The second-order valence-electron chi connectivity index (χ2n) is 12.8. The fourth-order valence-corrected chi connectivity index (χ4v) is 8.29. The van der Waals surface area contributed by atoms with E-state index in [0.717, 1.165) is 51.2 Å². The molecule has 4 aromatic rings. The zero-order chi connectivity index (χ0) is 34.8. The molecule has 0 bridgehead atoms. The minimum Gasteiger partial charge on any atom is -0.493 e. The Morgan fingerprint density at radius 2 is 1.82 bits per heavy atom. The predicted octanol–water partition coefficient (Wildman–Crippen LogP) is 6.66. The highest BCUT2D eigenvalue weighted by atomic mass is 32.1. The van der Waals surface area contributed by atoms with Crippen LogP contribution in [0.15, 0.2) is 53.3 Å². The molecule has 0 saturated carbocycles. The quantitative estimate of drug-likeness (QED) is 0.190. The molecular formula is C38H44N4O6S. The molecule has 2 heterocycles. The average Bonchev–Trinajstić information content (AvgIpc) is 3.70. The Labute approximate surface area is 290 Å². The summed E-state index contributed by atoms with van der Waals surface area (Å²) >= 11 is 1.64. The second-order valence-corrected chi connectivity index (χ2v) is 13.9. The summed E-state index contributed by atoms with van der Waals surface area (Å²) < 4.78 is 18.4. The van der Waals surface area contributed by atoms with Crippen LogP contribution in [-0.2, 0) is 16.0 Å². The van der Waals surface area contributed by atoms with E-state index in [1.165, 1.54) is 6.92 Å². The Kier molecular flexibility index (Phi) is 10.1. The number of fused-ring (bicyclic) bond motifs is 4. The maximum atomic E-state index is 14.4. The van der Waals surface area contributed by atoms with E-state index in [1.807, 2.05) is 42.2 Å². The normalized spacial score (nSPS) is 18.1. The van der Waals surface area contributed by atoms with E-state index in [0.29, 0.717) is 47.9 Å². The number of thiazole rings is 1. The van der Waals surface area contributed by atoms with Crippen LogP contribution in [0.5, 0.6) is 17.2 Å². The Bertz CT molecular complexity index is 1910. The maximum absolute atomic E-state index is 14.4. The van der Waals surface area contributed by atoms with Crippen molar-refractivity contribution in [2.45, 2.75) is 71.0 Å². The Balaban J connectivity index is 1.42. The molecular weight excluding hydrogens is 641 g/mol. The number of hydrogen-bond acceptors (Lipinski definition) is 9. The van der Waals surface area contributed by atoms with Gasteiger partial charge in [-0.3, -0.25) is 14.4 Å². The molecule has 11 heteroatoms. The van der Waals surface area contributed by atoms with Crippen LogP contribution in [0.2, 0.25) is 0 Å². The molecule has 4 atom stereocenters. The molecule has 0 radical (unpaired) electrons. The third-order valence-electron chi connectivity index (χ3n) is 9.84. The number of carbonyl (C=O) groups is 2. The lowest BCUT2D eigenvalue weighted by Gasteiger charge is -2.31. The van der Waals surface area contributed by atoms with Crippen LogP contribution in [0.3, 0.4) is 0 Å². The van der Waals surface area contributed by atoms with Crippen LogP contribution in [0, 0.1) is 5.92 Å². The van der Waals surface area contributed by atoms with Crippen molar-refractivity contribution in [1.29, 1.82) is 0 Å². The van der Waals surface area contributed by atoms with Crippen molar-refractivity contribution in [3.8, 4) is 28.4 Å². The van der Waals surface area contributed by atoms with Gasteiger partial charge in [0.2, 0.25) is 23.0 Å². The molecule has 0 unspecified atom stereocenters. The fourth-order valence-electron chi connectivity index (χ4n) is 7.18. The van der Waals surface area contributed by atoms with Crippen molar-refractivity contribution in [2.24, 2.45) is 5.92 Å². The Morgan fingerprint density at radius 3 is 2.51 bits per heavy atom. The number of aryl methyl sites for hydroxylation is 1. The van der Waals surface area contributed by atoms with Crippen LogP contribution in [0.25, 0.3) is 21.3 Å². The van der Waals surface area contributed by atoms with Crippen LogP contribution in [-0.4, -0.2) is 55.6 Å². The summed E-state index contributed by atoms with van der Waals surface area (Å²) in [6.07, 6.45) is 3.63. The monoisotopic (exact) mass is 684 g/mol. The van der Waals surface area contributed by atoms with Gasteiger partial charge in [0.05, 0.1) is 49.3 Å². The van der Waals surface area contributed by atoms with Gasteiger partial charge in [0.15, 0.2) is 11.5 Å². The van der Waals surface area contributed by atoms with E-state index >= 15 is 0 Å². The van der Waals surface area contributed by atoms with Crippen molar-refractivity contribution in [2.75, 3.05) is 33.2 Å². The number of para-hydroxylation sites is 1. The smallest absolute Gasteiger partial charge is 0.245 e. The topological polar surface area (TPSA) is 119 Å². The zero-order valence-corrected chi connectivity index (χ0v) is 29.7. The highest BCUT2D eigenvalue weighted by Crippen LogP contribution is 2.50. The third-order valence-corrected chi connectivity index (χ3v) is 11.0. The molecule has 0 spiro atoms. The Morgan fingerprint density at radius 1 is 1.04 bits per heavy atom. The zero-order valence-electron chi connectivity index (χ0n) is 28.9. The number of aromatic nitrogens is 1. The van der Waals surface area contributed by atoms with Gasteiger partial charge in [-0.2, -0.15) is 0 Å². The van der Waals surface area contributed by atoms with E-state index < -0.39 is 12.1 Å². The average molecular weight is 685 g/mol. The standard InChI is InChI=1S/C38H44N4O6S/c1-7-21(2)34(38(45)42-18-10-12-29(42)37-41-28-11-8-9-13-32(28)49-37)40-27-17-15-24-25(20-30(27)44)26(39-22(3)43)16-14-23-19-31(46-4)35(47-5)36(48-6)33(23)24/h8-9,11,13,15,17,19-21,26,29,34H,7,10,12,14,16,18H2,1-6H3,(H,39,43)(H,40,44)/t21-,26+,29+,34+/m1/s1. The summed E-state index contributed by atoms with van der Waals surface area (Å²) in [5.41, 5.74) is 4.09. The molecule has 1 aromatic heterocycles. The predicted molar refractivity (Wildman–Crippen MR) is 193 cm³/mol. The molecule has 2 aliphatic rings. The largest absolute Gasteiger partial charge is 0.493 e. The first kappa shape index (κ1) is 34.2. The van der Waals surface area contributed by atoms with Crippen LogP contribution in [0.1, 0.15) is 74.7 Å². The summed E-state index contributed by atoms with van der Waals surface area (Å²) in [5, 5.41) is 7.39. The molecule has 1 aliphatic carbocycles. The number of hydrogen-bond donors (Lipinski definition) is 2. The molecule has 258 valence electrons. The van der Waals surface area contributed by atoms with E-state index in [4.69, 9.17) is 19.2 Å². The molecule has 2 N–H and O–H groups in total. The van der Waals surface area contributed by atoms with Crippen molar-refractivity contribution >= 4 is 39.1 Å². The number of nitrogens with one attached hydrogen (secondary N) is 2. The molecule has 6 rings (SSSR count). The minimum absolute atomic E-state index is 0.0384. The number of nitrogens with zero attached hydrogens (tertiary/aromatic N) is 2. The van der Waals surface area contributed by atoms with Gasteiger partial charge in [-0.15, -0.1) is 11.3 Å². The minimum atomic E-state index is -0.632. The van der Waals surface area contributed by atoms with Crippen molar-refractivity contribution in [3.05, 3.63) is 74.9 Å². The number of anilines is 1. The molecule has 10 nitrogen and oxygen atoms in total. The molecule has 1 saturated heterocycles. The Hall–Kier alpha value is -4.64. The first-order chi connectivity index (χ1) is 23.7. The number of benzene rings is 2. The van der Waals surface area contributed by atoms with E-state index in [1.54, 1.807) is 44.8 Å². The van der Waals surface area contributed by atoms with Gasteiger partial charge in [-0.1, -0.05) is 38.5 Å². The van der Waals surface area contributed by atoms with Gasteiger partial charge in [0.25, 0.3) is 0 Å². The lowest BCUT2D eigenvalue weighted by atomic mass is 9.95. The lowest BCUT2D eigenvalue weighted by Crippen LogP contribution is -2.46. The molecule has 3 aromatic carbocycles. The fraction of sp³-hybridized carbons (Fsp3) is 0.421. The van der Waals surface area contributed by atoms with Crippen molar-refractivity contribution in [3.63, 3.8) is 0 Å². The molecule has 1 aliphatic heterocycles. The first-order valence-corrected chi connectivity index (χ1v) is 17.7. The summed E-state index contributed by atoms with van der Waals surface area (Å²) in [7, 11) is 4.71.